The van der Waals surface area contributed by atoms with E-state index in [1.54, 1.807) is 6.33 Å². The first-order valence-corrected chi connectivity index (χ1v) is 5.90. The van der Waals surface area contributed by atoms with E-state index < -0.39 is 0 Å². The SMILES string of the molecule is CC(C)(C)c1ncnc2c1ncn2C(C)(C)C. The predicted molar refractivity (Wildman–Crippen MR) is 69.0 cm³/mol. The molecule has 0 amide bonds. The van der Waals surface area contributed by atoms with Crippen LogP contribution in [0.2, 0.25) is 0 Å². The predicted octanol–water partition coefficient (Wildman–Crippen LogP) is 2.88. The fourth-order valence-electron chi connectivity index (χ4n) is 1.87. The number of hydrogen-bond donors (Lipinski definition) is 0. The van der Waals surface area contributed by atoms with E-state index in [0.29, 0.717) is 0 Å². The third-order valence-corrected chi connectivity index (χ3v) is 2.77. The van der Waals surface area contributed by atoms with Gasteiger partial charge in [-0.25, -0.2) is 15.0 Å². The molecule has 92 valence electrons. The Morgan fingerprint density at radius 1 is 0.941 bits per heavy atom. The van der Waals surface area contributed by atoms with Crippen LogP contribution >= 0.6 is 0 Å². The quantitative estimate of drug-likeness (QED) is 0.701. The highest BCUT2D eigenvalue weighted by Gasteiger charge is 2.24. The largest absolute Gasteiger partial charge is 0.310 e. The van der Waals surface area contributed by atoms with Gasteiger partial charge in [0.05, 0.1) is 12.0 Å². The minimum atomic E-state index is -0.0156. The zero-order valence-corrected chi connectivity index (χ0v) is 11.4. The molecule has 0 unspecified atom stereocenters. The Hall–Kier alpha value is -1.45. The lowest BCUT2D eigenvalue weighted by Crippen LogP contribution is -2.21. The smallest absolute Gasteiger partial charge is 0.163 e. The standard InChI is InChI=1S/C13H20N4/c1-12(2,3)10-9-11(15-7-14-10)17(8-16-9)13(4,5)6/h7-8H,1-6H3. The zero-order chi connectivity index (χ0) is 12.8. The number of imidazole rings is 1. The van der Waals surface area contributed by atoms with Crippen LogP contribution in [0.1, 0.15) is 47.2 Å². The van der Waals surface area contributed by atoms with Crippen molar-refractivity contribution in [1.82, 2.24) is 19.5 Å². The first-order valence-electron chi connectivity index (χ1n) is 5.90. The maximum atomic E-state index is 4.49. The molecule has 4 heteroatoms. The topological polar surface area (TPSA) is 43.6 Å². The minimum Gasteiger partial charge on any atom is -0.310 e. The fourth-order valence-corrected chi connectivity index (χ4v) is 1.87. The van der Waals surface area contributed by atoms with Crippen LogP contribution in [-0.2, 0) is 11.0 Å². The number of nitrogens with zero attached hydrogens (tertiary/aromatic N) is 4. The first-order chi connectivity index (χ1) is 7.71. The summed E-state index contributed by atoms with van der Waals surface area (Å²) in [5.74, 6) is 0. The molecule has 2 aromatic heterocycles. The van der Waals surface area contributed by atoms with Crippen LogP contribution in [-0.4, -0.2) is 19.5 Å². The van der Waals surface area contributed by atoms with Crippen LogP contribution in [0.3, 0.4) is 0 Å². The van der Waals surface area contributed by atoms with Gasteiger partial charge in [0.1, 0.15) is 11.8 Å². The van der Waals surface area contributed by atoms with Crippen LogP contribution < -0.4 is 0 Å². The third-order valence-electron chi connectivity index (χ3n) is 2.77. The Balaban J connectivity index is 2.74. The van der Waals surface area contributed by atoms with Crippen molar-refractivity contribution in [3.63, 3.8) is 0 Å². The molecule has 17 heavy (non-hydrogen) atoms. The monoisotopic (exact) mass is 232 g/mol. The van der Waals surface area contributed by atoms with Gasteiger partial charge < -0.3 is 4.57 Å². The molecular weight excluding hydrogens is 212 g/mol. The average Bonchev–Trinajstić information content (AvgIpc) is 2.57. The van der Waals surface area contributed by atoms with Crippen molar-refractivity contribution >= 4 is 11.2 Å². The summed E-state index contributed by atoms with van der Waals surface area (Å²) in [5, 5.41) is 0. The van der Waals surface area contributed by atoms with Crippen molar-refractivity contribution in [1.29, 1.82) is 0 Å². The van der Waals surface area contributed by atoms with E-state index in [9.17, 15) is 0 Å². The maximum Gasteiger partial charge on any atom is 0.163 e. The van der Waals surface area contributed by atoms with Crippen LogP contribution in [0.15, 0.2) is 12.7 Å². The molecular formula is C13H20N4. The van der Waals surface area contributed by atoms with E-state index in [1.807, 2.05) is 6.33 Å². The Bertz CT molecular complexity index is 541. The van der Waals surface area contributed by atoms with Gasteiger partial charge in [-0.05, 0) is 20.8 Å². The second-order valence-electron chi connectivity index (χ2n) is 6.43. The van der Waals surface area contributed by atoms with Crippen LogP contribution in [0.5, 0.6) is 0 Å². The van der Waals surface area contributed by atoms with Gasteiger partial charge in [-0.2, -0.15) is 0 Å². The maximum absolute atomic E-state index is 4.49. The van der Waals surface area contributed by atoms with E-state index >= 15 is 0 Å². The van der Waals surface area contributed by atoms with E-state index in [0.717, 1.165) is 16.9 Å². The number of fused-ring (bicyclic) bond motifs is 1. The Morgan fingerprint density at radius 3 is 2.12 bits per heavy atom. The lowest BCUT2D eigenvalue weighted by Gasteiger charge is -2.22. The van der Waals surface area contributed by atoms with E-state index in [4.69, 9.17) is 0 Å². The summed E-state index contributed by atoms with van der Waals surface area (Å²) >= 11 is 0. The van der Waals surface area contributed by atoms with E-state index in [1.165, 1.54) is 0 Å². The molecule has 4 nitrogen and oxygen atoms in total. The summed E-state index contributed by atoms with van der Waals surface area (Å²) in [6.07, 6.45) is 3.49. The van der Waals surface area contributed by atoms with E-state index in [-0.39, 0.29) is 11.0 Å². The second-order valence-corrected chi connectivity index (χ2v) is 6.43. The summed E-state index contributed by atoms with van der Waals surface area (Å²) in [6, 6.07) is 0. The minimum absolute atomic E-state index is 0.0156. The van der Waals surface area contributed by atoms with Crippen molar-refractivity contribution in [2.75, 3.05) is 0 Å². The van der Waals surface area contributed by atoms with Crippen LogP contribution in [0, 0.1) is 0 Å². The van der Waals surface area contributed by atoms with Crippen molar-refractivity contribution < 1.29 is 0 Å². The molecule has 0 spiro atoms. The molecule has 2 rings (SSSR count). The molecule has 0 aliphatic carbocycles. The molecule has 0 N–H and O–H groups in total. The number of rotatable bonds is 0. The first kappa shape index (κ1) is 12.0. The Morgan fingerprint density at radius 2 is 1.59 bits per heavy atom. The van der Waals surface area contributed by atoms with Crippen molar-refractivity contribution in [2.24, 2.45) is 0 Å². The summed E-state index contributed by atoms with van der Waals surface area (Å²) in [7, 11) is 0. The summed E-state index contributed by atoms with van der Waals surface area (Å²) in [5.41, 5.74) is 2.80. The van der Waals surface area contributed by atoms with Gasteiger partial charge >= 0.3 is 0 Å². The molecule has 2 aromatic rings. The van der Waals surface area contributed by atoms with E-state index in [2.05, 4.69) is 61.1 Å². The highest BCUT2D eigenvalue weighted by molar-refractivity contribution is 5.74. The van der Waals surface area contributed by atoms with Gasteiger partial charge in [-0.15, -0.1) is 0 Å². The second kappa shape index (κ2) is 3.52. The molecule has 0 atom stereocenters. The summed E-state index contributed by atoms with van der Waals surface area (Å²) in [6.45, 7) is 12.9. The van der Waals surface area contributed by atoms with Gasteiger partial charge in [0, 0.05) is 11.0 Å². The average molecular weight is 232 g/mol. The normalized spacial score (nSPS) is 13.3. The molecule has 2 heterocycles. The van der Waals surface area contributed by atoms with Gasteiger partial charge in [0.15, 0.2) is 5.65 Å². The van der Waals surface area contributed by atoms with Crippen molar-refractivity contribution in [2.45, 2.75) is 52.5 Å². The lowest BCUT2D eigenvalue weighted by atomic mass is 9.91. The highest BCUT2D eigenvalue weighted by Crippen LogP contribution is 2.28. The molecule has 0 saturated heterocycles. The Labute approximate surface area is 102 Å². The lowest BCUT2D eigenvalue weighted by molar-refractivity contribution is 0.406. The molecule has 0 bridgehead atoms. The van der Waals surface area contributed by atoms with Gasteiger partial charge in [0.2, 0.25) is 0 Å². The molecule has 0 saturated carbocycles. The summed E-state index contributed by atoms with van der Waals surface area (Å²) < 4.78 is 2.10. The number of hydrogen-bond acceptors (Lipinski definition) is 3. The van der Waals surface area contributed by atoms with Gasteiger partial charge in [0.25, 0.3) is 0 Å². The van der Waals surface area contributed by atoms with Crippen molar-refractivity contribution in [3.8, 4) is 0 Å². The third kappa shape index (κ3) is 2.04. The molecule has 0 radical (unpaired) electrons. The molecule has 0 aromatic carbocycles. The van der Waals surface area contributed by atoms with Crippen LogP contribution in [0.4, 0.5) is 0 Å². The number of aromatic nitrogens is 4. The van der Waals surface area contributed by atoms with Crippen molar-refractivity contribution in [3.05, 3.63) is 18.3 Å². The van der Waals surface area contributed by atoms with Gasteiger partial charge in [-0.1, -0.05) is 20.8 Å². The fraction of sp³-hybridized carbons (Fsp3) is 0.615. The summed E-state index contributed by atoms with van der Waals surface area (Å²) in [4.78, 5) is 13.2. The zero-order valence-electron chi connectivity index (χ0n) is 11.4. The Kier molecular flexibility index (Phi) is 2.49. The van der Waals surface area contributed by atoms with Gasteiger partial charge in [-0.3, -0.25) is 0 Å². The molecule has 0 aliphatic heterocycles. The highest BCUT2D eigenvalue weighted by atomic mass is 15.2. The van der Waals surface area contributed by atoms with Crippen LogP contribution in [0.25, 0.3) is 11.2 Å². The molecule has 0 aliphatic rings. The molecule has 0 fully saturated rings.